The molecule has 1 aromatic heterocycles. The Morgan fingerprint density at radius 1 is 1.29 bits per heavy atom. The average Bonchev–Trinajstić information content (AvgIpc) is 2.76. The van der Waals surface area contributed by atoms with Gasteiger partial charge in [0.25, 0.3) is 0 Å². The van der Waals surface area contributed by atoms with Crippen LogP contribution in [0.3, 0.4) is 0 Å². The van der Waals surface area contributed by atoms with Gasteiger partial charge in [-0.3, -0.25) is 4.79 Å². The highest BCUT2D eigenvalue weighted by Crippen LogP contribution is 2.17. The van der Waals surface area contributed by atoms with Crippen molar-refractivity contribution in [2.45, 2.75) is 20.3 Å². The van der Waals surface area contributed by atoms with Crippen LogP contribution < -0.4 is 5.32 Å². The van der Waals surface area contributed by atoms with Crippen molar-refractivity contribution >= 4 is 22.9 Å². The molecule has 17 heavy (non-hydrogen) atoms. The van der Waals surface area contributed by atoms with Gasteiger partial charge in [0.2, 0.25) is 5.91 Å². The number of carbonyl (C=O) groups excluding carboxylic acids is 1. The normalized spacial score (nSPS) is 10.2. The number of anilines is 1. The number of aryl methyl sites for hydroxylation is 2. The van der Waals surface area contributed by atoms with Crippen molar-refractivity contribution in [3.05, 3.63) is 51.7 Å². The largest absolute Gasteiger partial charge is 0.326 e. The average molecular weight is 245 g/mol. The highest BCUT2D eigenvalue weighted by molar-refractivity contribution is 7.08. The Kier molecular flexibility index (Phi) is 3.59. The van der Waals surface area contributed by atoms with Crippen LogP contribution in [0.5, 0.6) is 0 Å². The van der Waals surface area contributed by atoms with Crippen LogP contribution in [0.25, 0.3) is 0 Å². The molecule has 0 aliphatic heterocycles. The van der Waals surface area contributed by atoms with E-state index in [0.29, 0.717) is 6.42 Å². The summed E-state index contributed by atoms with van der Waals surface area (Å²) in [6.45, 7) is 4.02. The van der Waals surface area contributed by atoms with Crippen molar-refractivity contribution < 1.29 is 4.79 Å². The summed E-state index contributed by atoms with van der Waals surface area (Å²) >= 11 is 1.61. The van der Waals surface area contributed by atoms with E-state index >= 15 is 0 Å². The van der Waals surface area contributed by atoms with E-state index in [4.69, 9.17) is 0 Å². The van der Waals surface area contributed by atoms with Crippen LogP contribution in [0.2, 0.25) is 0 Å². The molecule has 1 aromatic carbocycles. The number of thiophene rings is 1. The molecule has 2 aromatic rings. The van der Waals surface area contributed by atoms with Gasteiger partial charge in [-0.05, 0) is 53.4 Å². The number of amides is 1. The summed E-state index contributed by atoms with van der Waals surface area (Å²) in [5.41, 5.74) is 4.22. The highest BCUT2D eigenvalue weighted by Gasteiger charge is 2.06. The van der Waals surface area contributed by atoms with Crippen LogP contribution in [-0.4, -0.2) is 5.91 Å². The Balaban J connectivity index is 2.05. The zero-order valence-corrected chi connectivity index (χ0v) is 10.8. The molecule has 0 aliphatic carbocycles. The molecule has 0 unspecified atom stereocenters. The highest BCUT2D eigenvalue weighted by atomic mass is 32.1. The molecule has 1 amide bonds. The summed E-state index contributed by atoms with van der Waals surface area (Å²) in [6, 6.07) is 8.05. The van der Waals surface area contributed by atoms with Gasteiger partial charge < -0.3 is 5.32 Å². The quantitative estimate of drug-likeness (QED) is 0.880. The van der Waals surface area contributed by atoms with Crippen molar-refractivity contribution in [2.75, 3.05) is 5.32 Å². The van der Waals surface area contributed by atoms with E-state index in [1.165, 1.54) is 0 Å². The SMILES string of the molecule is Cc1ccc(C)c(NC(=O)Cc2ccsc2)c1. The predicted molar refractivity (Wildman–Crippen MR) is 72.6 cm³/mol. The van der Waals surface area contributed by atoms with Gasteiger partial charge in [0.05, 0.1) is 6.42 Å². The molecule has 0 aliphatic rings. The smallest absolute Gasteiger partial charge is 0.228 e. The fourth-order valence-electron chi connectivity index (χ4n) is 1.64. The van der Waals surface area contributed by atoms with Crippen molar-refractivity contribution in [2.24, 2.45) is 0 Å². The van der Waals surface area contributed by atoms with Crippen molar-refractivity contribution in [1.82, 2.24) is 0 Å². The van der Waals surface area contributed by atoms with E-state index < -0.39 is 0 Å². The second-order valence-electron chi connectivity index (χ2n) is 4.17. The van der Waals surface area contributed by atoms with Gasteiger partial charge in [0.15, 0.2) is 0 Å². The Morgan fingerprint density at radius 2 is 2.12 bits per heavy atom. The first-order chi connectivity index (χ1) is 8.15. The van der Waals surface area contributed by atoms with Crippen LogP contribution in [-0.2, 0) is 11.2 Å². The zero-order valence-electron chi connectivity index (χ0n) is 9.99. The second kappa shape index (κ2) is 5.15. The predicted octanol–water partition coefficient (Wildman–Crippen LogP) is 3.55. The van der Waals surface area contributed by atoms with E-state index in [1.807, 2.05) is 48.9 Å². The first-order valence-electron chi connectivity index (χ1n) is 5.53. The maximum absolute atomic E-state index is 11.8. The van der Waals surface area contributed by atoms with Crippen molar-refractivity contribution in [1.29, 1.82) is 0 Å². The first kappa shape index (κ1) is 11.9. The van der Waals surface area contributed by atoms with Crippen LogP contribution in [0, 0.1) is 13.8 Å². The molecule has 1 heterocycles. The molecule has 0 saturated carbocycles. The summed E-state index contributed by atoms with van der Waals surface area (Å²) in [5.74, 6) is 0.0390. The van der Waals surface area contributed by atoms with Crippen LogP contribution >= 0.6 is 11.3 Å². The van der Waals surface area contributed by atoms with Crippen molar-refractivity contribution in [3.63, 3.8) is 0 Å². The van der Waals surface area contributed by atoms with Gasteiger partial charge in [-0.25, -0.2) is 0 Å². The minimum absolute atomic E-state index is 0.0390. The Hall–Kier alpha value is -1.61. The summed E-state index contributed by atoms with van der Waals surface area (Å²) in [6.07, 6.45) is 0.441. The molecular formula is C14H15NOS. The van der Waals surface area contributed by atoms with E-state index in [1.54, 1.807) is 11.3 Å². The number of hydrogen-bond acceptors (Lipinski definition) is 2. The maximum atomic E-state index is 11.8. The molecule has 88 valence electrons. The van der Waals surface area contributed by atoms with Gasteiger partial charge in [-0.15, -0.1) is 0 Å². The number of carbonyl (C=O) groups is 1. The number of hydrogen-bond donors (Lipinski definition) is 1. The molecule has 3 heteroatoms. The van der Waals surface area contributed by atoms with Crippen LogP contribution in [0.1, 0.15) is 16.7 Å². The standard InChI is InChI=1S/C14H15NOS/c1-10-3-4-11(2)13(7-10)15-14(16)8-12-5-6-17-9-12/h3-7,9H,8H2,1-2H3,(H,15,16). The number of benzene rings is 1. The molecule has 2 nitrogen and oxygen atoms in total. The lowest BCUT2D eigenvalue weighted by atomic mass is 10.1. The van der Waals surface area contributed by atoms with Gasteiger partial charge in [-0.1, -0.05) is 12.1 Å². The summed E-state index contributed by atoms with van der Waals surface area (Å²) in [4.78, 5) is 11.8. The van der Waals surface area contributed by atoms with Crippen molar-refractivity contribution in [3.8, 4) is 0 Å². The third-order valence-corrected chi connectivity index (χ3v) is 3.34. The third kappa shape index (κ3) is 3.17. The fraction of sp³-hybridized carbons (Fsp3) is 0.214. The second-order valence-corrected chi connectivity index (χ2v) is 4.95. The third-order valence-electron chi connectivity index (χ3n) is 2.61. The lowest BCUT2D eigenvalue weighted by Gasteiger charge is -2.08. The van der Waals surface area contributed by atoms with Gasteiger partial charge >= 0.3 is 0 Å². The minimum Gasteiger partial charge on any atom is -0.326 e. The Morgan fingerprint density at radius 3 is 2.82 bits per heavy atom. The number of nitrogens with one attached hydrogen (secondary N) is 1. The van der Waals surface area contributed by atoms with Crippen LogP contribution in [0.4, 0.5) is 5.69 Å². The lowest BCUT2D eigenvalue weighted by Crippen LogP contribution is -2.14. The zero-order chi connectivity index (χ0) is 12.3. The van der Waals surface area contributed by atoms with Gasteiger partial charge in [-0.2, -0.15) is 11.3 Å². The van der Waals surface area contributed by atoms with E-state index in [2.05, 4.69) is 5.32 Å². The van der Waals surface area contributed by atoms with E-state index in [0.717, 1.165) is 22.4 Å². The van der Waals surface area contributed by atoms with Gasteiger partial charge in [0.1, 0.15) is 0 Å². The molecule has 0 atom stereocenters. The van der Waals surface area contributed by atoms with E-state index in [9.17, 15) is 4.79 Å². The molecule has 1 N–H and O–H groups in total. The van der Waals surface area contributed by atoms with Gasteiger partial charge in [0, 0.05) is 5.69 Å². The topological polar surface area (TPSA) is 29.1 Å². The first-order valence-corrected chi connectivity index (χ1v) is 6.47. The Labute approximate surface area is 105 Å². The molecule has 0 saturated heterocycles. The molecule has 0 radical (unpaired) electrons. The molecule has 0 spiro atoms. The van der Waals surface area contributed by atoms with E-state index in [-0.39, 0.29) is 5.91 Å². The maximum Gasteiger partial charge on any atom is 0.228 e. The lowest BCUT2D eigenvalue weighted by molar-refractivity contribution is -0.115. The molecule has 0 fully saturated rings. The summed E-state index contributed by atoms with van der Waals surface area (Å²) in [7, 11) is 0. The van der Waals surface area contributed by atoms with Crippen LogP contribution in [0.15, 0.2) is 35.0 Å². The Bertz CT molecular complexity index is 517. The molecule has 2 rings (SSSR count). The summed E-state index contributed by atoms with van der Waals surface area (Å²) in [5, 5.41) is 6.94. The monoisotopic (exact) mass is 245 g/mol. The fourth-order valence-corrected chi connectivity index (χ4v) is 2.31. The molecular weight excluding hydrogens is 230 g/mol. The molecule has 0 bridgehead atoms. The number of rotatable bonds is 3. The summed E-state index contributed by atoms with van der Waals surface area (Å²) < 4.78 is 0. The minimum atomic E-state index is 0.0390.